The SMILES string of the molecule is CSC1CCC(NS(=O)(=O)c2cc(N)c(F)cc2Cl)CC1. The molecule has 0 amide bonds. The zero-order chi connectivity index (χ0) is 15.6. The Morgan fingerprint density at radius 1 is 1.33 bits per heavy atom. The first kappa shape index (κ1) is 16.9. The molecule has 0 radical (unpaired) electrons. The molecule has 2 rings (SSSR count). The van der Waals surface area contributed by atoms with Gasteiger partial charge in [-0.05, 0) is 44.1 Å². The fraction of sp³-hybridized carbons (Fsp3) is 0.538. The molecule has 21 heavy (non-hydrogen) atoms. The second-order valence-electron chi connectivity index (χ2n) is 5.13. The number of thioether (sulfide) groups is 1. The molecule has 1 aromatic carbocycles. The predicted molar refractivity (Wildman–Crippen MR) is 85.7 cm³/mol. The van der Waals surface area contributed by atoms with Crippen LogP contribution in [0.3, 0.4) is 0 Å². The third-order valence-corrected chi connectivity index (χ3v) is 6.79. The van der Waals surface area contributed by atoms with Crippen molar-refractivity contribution in [3.05, 3.63) is 23.0 Å². The normalized spacial score (nSPS) is 23.2. The van der Waals surface area contributed by atoms with E-state index in [-0.39, 0.29) is 21.6 Å². The lowest BCUT2D eigenvalue weighted by Crippen LogP contribution is -2.38. The maximum atomic E-state index is 13.3. The second kappa shape index (κ2) is 6.73. The van der Waals surface area contributed by atoms with Crippen LogP contribution in [0.1, 0.15) is 25.7 Å². The summed E-state index contributed by atoms with van der Waals surface area (Å²) in [7, 11) is -3.79. The van der Waals surface area contributed by atoms with Gasteiger partial charge in [0.25, 0.3) is 0 Å². The Bertz CT molecular complexity index is 617. The van der Waals surface area contributed by atoms with Crippen molar-refractivity contribution in [2.75, 3.05) is 12.0 Å². The zero-order valence-corrected chi connectivity index (χ0v) is 14.0. The molecule has 0 aliphatic heterocycles. The third-order valence-electron chi connectivity index (χ3n) is 3.67. The van der Waals surface area contributed by atoms with Crippen LogP contribution in [0.25, 0.3) is 0 Å². The van der Waals surface area contributed by atoms with Crippen molar-refractivity contribution in [3.8, 4) is 0 Å². The lowest BCUT2D eigenvalue weighted by atomic mass is 9.96. The van der Waals surface area contributed by atoms with Crippen molar-refractivity contribution in [1.29, 1.82) is 0 Å². The number of sulfonamides is 1. The molecule has 0 unspecified atom stereocenters. The molecular formula is C13H18ClFN2O2S2. The Kier molecular flexibility index (Phi) is 5.40. The van der Waals surface area contributed by atoms with Gasteiger partial charge in [0.1, 0.15) is 10.7 Å². The molecule has 118 valence electrons. The van der Waals surface area contributed by atoms with Gasteiger partial charge in [-0.1, -0.05) is 11.6 Å². The first-order valence-corrected chi connectivity index (χ1v) is 9.78. The molecule has 0 atom stereocenters. The molecule has 3 N–H and O–H groups in total. The zero-order valence-electron chi connectivity index (χ0n) is 11.6. The summed E-state index contributed by atoms with van der Waals surface area (Å²) in [4.78, 5) is -0.171. The molecule has 0 saturated heterocycles. The van der Waals surface area contributed by atoms with Crippen LogP contribution in [0.15, 0.2) is 17.0 Å². The fourth-order valence-electron chi connectivity index (χ4n) is 2.45. The number of nitrogen functional groups attached to an aromatic ring is 1. The molecule has 1 aliphatic rings. The van der Waals surface area contributed by atoms with E-state index in [4.69, 9.17) is 17.3 Å². The van der Waals surface area contributed by atoms with Crippen LogP contribution in [0.5, 0.6) is 0 Å². The van der Waals surface area contributed by atoms with Gasteiger partial charge in [-0.2, -0.15) is 11.8 Å². The molecule has 1 saturated carbocycles. The smallest absolute Gasteiger partial charge is 0.242 e. The number of hydrogen-bond donors (Lipinski definition) is 2. The molecule has 0 aromatic heterocycles. The highest BCUT2D eigenvalue weighted by atomic mass is 35.5. The highest BCUT2D eigenvalue weighted by Crippen LogP contribution is 2.30. The number of nitrogens with one attached hydrogen (secondary N) is 1. The van der Waals surface area contributed by atoms with Crippen LogP contribution >= 0.6 is 23.4 Å². The monoisotopic (exact) mass is 352 g/mol. The Morgan fingerprint density at radius 2 is 1.95 bits per heavy atom. The van der Waals surface area contributed by atoms with E-state index in [1.807, 2.05) is 11.8 Å². The average Bonchev–Trinajstić information content (AvgIpc) is 2.43. The van der Waals surface area contributed by atoms with Crippen LogP contribution in [0, 0.1) is 5.82 Å². The minimum atomic E-state index is -3.79. The van der Waals surface area contributed by atoms with E-state index in [0.717, 1.165) is 37.8 Å². The fourth-order valence-corrected chi connectivity index (χ4v) is 5.05. The minimum absolute atomic E-state index is 0.110. The minimum Gasteiger partial charge on any atom is -0.396 e. The molecule has 1 fully saturated rings. The Labute approximate surface area is 133 Å². The topological polar surface area (TPSA) is 72.2 Å². The maximum absolute atomic E-state index is 13.3. The third kappa shape index (κ3) is 4.03. The Balaban J connectivity index is 2.14. The first-order valence-electron chi connectivity index (χ1n) is 6.63. The summed E-state index contributed by atoms with van der Waals surface area (Å²) in [5.41, 5.74) is 5.20. The van der Waals surface area contributed by atoms with Crippen molar-refractivity contribution >= 4 is 39.1 Å². The number of benzene rings is 1. The van der Waals surface area contributed by atoms with Crippen LogP contribution in [0.2, 0.25) is 5.02 Å². The number of rotatable bonds is 4. The van der Waals surface area contributed by atoms with Crippen LogP contribution < -0.4 is 10.5 Å². The van der Waals surface area contributed by atoms with Gasteiger partial charge in [-0.25, -0.2) is 17.5 Å². The Morgan fingerprint density at radius 3 is 2.52 bits per heavy atom. The van der Waals surface area contributed by atoms with E-state index < -0.39 is 15.8 Å². The van der Waals surface area contributed by atoms with Gasteiger partial charge in [0, 0.05) is 11.3 Å². The van der Waals surface area contributed by atoms with Crippen molar-refractivity contribution < 1.29 is 12.8 Å². The van der Waals surface area contributed by atoms with E-state index >= 15 is 0 Å². The lowest BCUT2D eigenvalue weighted by Gasteiger charge is -2.28. The van der Waals surface area contributed by atoms with Gasteiger partial charge in [-0.3, -0.25) is 0 Å². The maximum Gasteiger partial charge on any atom is 0.242 e. The molecule has 0 spiro atoms. The van der Waals surface area contributed by atoms with Crippen LogP contribution in [-0.4, -0.2) is 26.0 Å². The number of halogens is 2. The highest BCUT2D eigenvalue weighted by Gasteiger charge is 2.27. The molecule has 0 bridgehead atoms. The van der Waals surface area contributed by atoms with E-state index in [0.29, 0.717) is 5.25 Å². The summed E-state index contributed by atoms with van der Waals surface area (Å²) in [5.74, 6) is -0.723. The van der Waals surface area contributed by atoms with Crippen molar-refractivity contribution in [2.24, 2.45) is 0 Å². The second-order valence-corrected chi connectivity index (χ2v) is 8.36. The van der Waals surface area contributed by atoms with Crippen LogP contribution in [0.4, 0.5) is 10.1 Å². The molecule has 8 heteroatoms. The van der Waals surface area contributed by atoms with Gasteiger partial charge >= 0.3 is 0 Å². The summed E-state index contributed by atoms with van der Waals surface area (Å²) >= 11 is 7.64. The number of nitrogens with two attached hydrogens (primary N) is 1. The largest absolute Gasteiger partial charge is 0.396 e. The summed E-state index contributed by atoms with van der Waals surface area (Å²) in [5, 5.41) is 0.433. The van der Waals surface area contributed by atoms with Gasteiger partial charge in [0.2, 0.25) is 10.0 Å². The summed E-state index contributed by atoms with van der Waals surface area (Å²) < 4.78 is 40.6. The van der Waals surface area contributed by atoms with Gasteiger partial charge in [-0.15, -0.1) is 0 Å². The van der Waals surface area contributed by atoms with E-state index in [1.165, 1.54) is 0 Å². The molecule has 4 nitrogen and oxygen atoms in total. The lowest BCUT2D eigenvalue weighted by molar-refractivity contribution is 0.420. The molecule has 0 heterocycles. The predicted octanol–water partition coefficient (Wildman–Crippen LogP) is 3.01. The average molecular weight is 353 g/mol. The summed E-state index contributed by atoms with van der Waals surface area (Å²) in [6, 6.07) is 1.88. The number of hydrogen-bond acceptors (Lipinski definition) is 4. The number of anilines is 1. The van der Waals surface area contributed by atoms with Gasteiger partial charge < -0.3 is 5.73 Å². The van der Waals surface area contributed by atoms with E-state index in [2.05, 4.69) is 11.0 Å². The summed E-state index contributed by atoms with van der Waals surface area (Å²) in [6.45, 7) is 0. The summed E-state index contributed by atoms with van der Waals surface area (Å²) in [6.07, 6.45) is 5.61. The van der Waals surface area contributed by atoms with Crippen LogP contribution in [-0.2, 0) is 10.0 Å². The van der Waals surface area contributed by atoms with Crippen molar-refractivity contribution in [3.63, 3.8) is 0 Å². The van der Waals surface area contributed by atoms with Gasteiger partial charge in [0.15, 0.2) is 0 Å². The molecule has 1 aliphatic carbocycles. The molecule has 1 aromatic rings. The molecular weight excluding hydrogens is 335 g/mol. The first-order chi connectivity index (χ1) is 9.83. The Hall–Kier alpha value is -0.500. The van der Waals surface area contributed by atoms with E-state index in [9.17, 15) is 12.8 Å². The van der Waals surface area contributed by atoms with Gasteiger partial charge in [0.05, 0.1) is 10.7 Å². The standard InChI is InChI=1S/C13H18ClFN2O2S2/c1-20-9-4-2-8(3-5-9)17-21(18,19)13-7-12(16)11(15)6-10(13)14/h6-9,17H,2-5,16H2,1H3. The quantitative estimate of drug-likeness (QED) is 0.817. The van der Waals surface area contributed by atoms with Crippen molar-refractivity contribution in [1.82, 2.24) is 4.72 Å². The van der Waals surface area contributed by atoms with E-state index in [1.54, 1.807) is 0 Å². The highest BCUT2D eigenvalue weighted by molar-refractivity contribution is 7.99. The van der Waals surface area contributed by atoms with Crippen molar-refractivity contribution in [2.45, 2.75) is 41.9 Å².